The second-order valence-corrected chi connectivity index (χ2v) is 5.90. The van der Waals surface area contributed by atoms with E-state index in [0.29, 0.717) is 17.3 Å². The summed E-state index contributed by atoms with van der Waals surface area (Å²) in [4.78, 5) is 25.4. The predicted molar refractivity (Wildman–Crippen MR) is 80.8 cm³/mol. The van der Waals surface area contributed by atoms with E-state index in [2.05, 4.69) is 15.9 Å². The van der Waals surface area contributed by atoms with Crippen molar-refractivity contribution in [3.8, 4) is 0 Å². The van der Waals surface area contributed by atoms with Gasteiger partial charge < -0.3 is 4.90 Å². The smallest absolute Gasteiger partial charge is 0.299 e. The van der Waals surface area contributed by atoms with Crippen molar-refractivity contribution in [2.45, 2.75) is 19.3 Å². The number of amides is 1. The van der Waals surface area contributed by atoms with Crippen LogP contribution in [-0.4, -0.2) is 23.6 Å². The highest BCUT2D eigenvalue weighted by Gasteiger charge is 2.38. The Morgan fingerprint density at radius 2 is 1.74 bits per heavy atom. The van der Waals surface area contributed by atoms with Crippen LogP contribution >= 0.6 is 39.1 Å². The summed E-state index contributed by atoms with van der Waals surface area (Å²) in [7, 11) is 0. The number of benzene rings is 1. The van der Waals surface area contributed by atoms with E-state index in [-0.39, 0.29) is 10.6 Å². The maximum atomic E-state index is 12.0. The molecule has 6 heteroatoms. The standard InChI is InChI=1S/C13H12BrCl2NO2/c14-6-2-1-3-7-17-11-9(16)5-4-8(15)10(11)12(18)13(17)19/h4-5H,1-3,6-7H2. The van der Waals surface area contributed by atoms with Crippen molar-refractivity contribution in [3.05, 3.63) is 27.7 Å². The Kier molecular flexibility index (Phi) is 4.87. The quantitative estimate of drug-likeness (QED) is 0.448. The van der Waals surface area contributed by atoms with E-state index < -0.39 is 11.7 Å². The minimum Gasteiger partial charge on any atom is -0.303 e. The van der Waals surface area contributed by atoms with Crippen LogP contribution < -0.4 is 4.90 Å². The molecular formula is C13H12BrCl2NO2. The van der Waals surface area contributed by atoms with Gasteiger partial charge in [0.2, 0.25) is 0 Å². The van der Waals surface area contributed by atoms with Crippen LogP contribution in [0.25, 0.3) is 0 Å². The molecule has 0 saturated heterocycles. The first-order valence-electron chi connectivity index (χ1n) is 5.98. The third-order valence-corrected chi connectivity index (χ3v) is 4.21. The van der Waals surface area contributed by atoms with Crippen LogP contribution in [0.3, 0.4) is 0 Å². The molecular weight excluding hydrogens is 353 g/mol. The van der Waals surface area contributed by atoms with Gasteiger partial charge in [-0.25, -0.2) is 0 Å². The molecule has 0 aliphatic carbocycles. The highest BCUT2D eigenvalue weighted by Crippen LogP contribution is 2.40. The molecule has 0 radical (unpaired) electrons. The number of anilines is 1. The van der Waals surface area contributed by atoms with Crippen LogP contribution in [0.5, 0.6) is 0 Å². The molecule has 0 unspecified atom stereocenters. The molecule has 0 saturated carbocycles. The SMILES string of the molecule is O=C1C(=O)N(CCCCCBr)c2c(Cl)ccc(Cl)c21. The first-order chi connectivity index (χ1) is 9.07. The van der Waals surface area contributed by atoms with E-state index in [4.69, 9.17) is 23.2 Å². The lowest BCUT2D eigenvalue weighted by atomic mass is 10.1. The van der Waals surface area contributed by atoms with Crippen LogP contribution in [0, 0.1) is 0 Å². The summed E-state index contributed by atoms with van der Waals surface area (Å²) in [6, 6.07) is 3.16. The van der Waals surface area contributed by atoms with Crippen LogP contribution in [0.15, 0.2) is 12.1 Å². The third kappa shape index (κ3) is 2.81. The molecule has 0 aromatic heterocycles. The second-order valence-electron chi connectivity index (χ2n) is 4.29. The largest absolute Gasteiger partial charge is 0.303 e. The minimum absolute atomic E-state index is 0.236. The van der Waals surface area contributed by atoms with Crippen LogP contribution in [0.2, 0.25) is 10.0 Å². The number of carbonyl (C=O) groups is 2. The average molecular weight is 365 g/mol. The molecule has 0 spiro atoms. The molecule has 1 aromatic rings. The number of unbranched alkanes of at least 4 members (excludes halogenated alkanes) is 2. The van der Waals surface area contributed by atoms with Gasteiger partial charge in [0, 0.05) is 11.9 Å². The Labute approximate surface area is 130 Å². The van der Waals surface area contributed by atoms with Gasteiger partial charge in [-0.15, -0.1) is 0 Å². The van der Waals surface area contributed by atoms with Gasteiger partial charge >= 0.3 is 0 Å². The van der Waals surface area contributed by atoms with E-state index in [1.165, 1.54) is 4.90 Å². The molecule has 1 aliphatic rings. The van der Waals surface area contributed by atoms with Gasteiger partial charge in [-0.1, -0.05) is 45.6 Å². The molecule has 0 atom stereocenters. The van der Waals surface area contributed by atoms with E-state index >= 15 is 0 Å². The maximum Gasteiger partial charge on any atom is 0.299 e. The summed E-state index contributed by atoms with van der Waals surface area (Å²) in [6.07, 6.45) is 2.84. The maximum absolute atomic E-state index is 12.0. The fourth-order valence-corrected chi connectivity index (χ4v) is 3.00. The number of Topliss-reactive ketones (excluding diaryl/α,β-unsaturated/α-hetero) is 1. The van der Waals surface area contributed by atoms with Crippen LogP contribution in [0.4, 0.5) is 5.69 Å². The van der Waals surface area contributed by atoms with Gasteiger partial charge in [-0.05, 0) is 25.0 Å². The Morgan fingerprint density at radius 1 is 1.05 bits per heavy atom. The van der Waals surface area contributed by atoms with Gasteiger partial charge in [-0.2, -0.15) is 0 Å². The molecule has 102 valence electrons. The topological polar surface area (TPSA) is 37.4 Å². The van der Waals surface area contributed by atoms with Gasteiger partial charge in [0.25, 0.3) is 11.7 Å². The predicted octanol–water partition coefficient (Wildman–Crippen LogP) is 4.09. The lowest BCUT2D eigenvalue weighted by molar-refractivity contribution is -0.114. The van der Waals surface area contributed by atoms with E-state index in [1.54, 1.807) is 12.1 Å². The third-order valence-electron chi connectivity index (χ3n) is 3.03. The normalized spacial score (nSPS) is 14.2. The number of ketones is 1. The molecule has 1 aromatic carbocycles. The fraction of sp³-hybridized carbons (Fsp3) is 0.385. The number of alkyl halides is 1. The summed E-state index contributed by atoms with van der Waals surface area (Å²) < 4.78 is 0. The van der Waals surface area contributed by atoms with E-state index in [1.807, 2.05) is 0 Å². The molecule has 0 fully saturated rings. The summed E-state index contributed by atoms with van der Waals surface area (Å²) in [6.45, 7) is 0.491. The molecule has 3 nitrogen and oxygen atoms in total. The van der Waals surface area contributed by atoms with Gasteiger partial charge in [-0.3, -0.25) is 9.59 Å². The molecule has 0 bridgehead atoms. The molecule has 1 heterocycles. The Balaban J connectivity index is 2.26. The monoisotopic (exact) mass is 363 g/mol. The Morgan fingerprint density at radius 3 is 2.42 bits per heavy atom. The highest BCUT2D eigenvalue weighted by molar-refractivity contribution is 9.09. The van der Waals surface area contributed by atoms with E-state index in [9.17, 15) is 9.59 Å². The van der Waals surface area contributed by atoms with Crippen molar-refractivity contribution < 1.29 is 9.59 Å². The summed E-state index contributed by atoms with van der Waals surface area (Å²) in [5.41, 5.74) is 0.697. The van der Waals surface area contributed by atoms with Gasteiger partial charge in [0.05, 0.1) is 21.3 Å². The zero-order valence-corrected chi connectivity index (χ0v) is 13.2. The van der Waals surface area contributed by atoms with Crippen molar-refractivity contribution in [2.75, 3.05) is 16.8 Å². The van der Waals surface area contributed by atoms with Crippen molar-refractivity contribution in [2.24, 2.45) is 0 Å². The number of nitrogens with zero attached hydrogens (tertiary/aromatic N) is 1. The number of rotatable bonds is 5. The number of halogens is 3. The molecule has 19 heavy (non-hydrogen) atoms. The van der Waals surface area contributed by atoms with Crippen molar-refractivity contribution in [1.29, 1.82) is 0 Å². The van der Waals surface area contributed by atoms with Gasteiger partial charge in [0.15, 0.2) is 0 Å². The highest BCUT2D eigenvalue weighted by atomic mass is 79.9. The average Bonchev–Trinajstić information content (AvgIpc) is 2.65. The van der Waals surface area contributed by atoms with Crippen molar-refractivity contribution in [1.82, 2.24) is 0 Å². The fourth-order valence-electron chi connectivity index (χ4n) is 2.11. The second kappa shape index (κ2) is 6.25. The lowest BCUT2D eigenvalue weighted by Crippen LogP contribution is -2.30. The van der Waals surface area contributed by atoms with E-state index in [0.717, 1.165) is 24.6 Å². The number of hydrogen-bond acceptors (Lipinski definition) is 2. The Bertz CT molecular complexity index is 534. The minimum atomic E-state index is -0.567. The molecule has 1 amide bonds. The molecule has 0 N–H and O–H groups in total. The van der Waals surface area contributed by atoms with Crippen molar-refractivity contribution in [3.63, 3.8) is 0 Å². The summed E-state index contributed by atoms with van der Waals surface area (Å²) >= 11 is 15.4. The zero-order valence-electron chi connectivity index (χ0n) is 10.1. The van der Waals surface area contributed by atoms with Crippen molar-refractivity contribution >= 4 is 56.5 Å². The summed E-state index contributed by atoms with van der Waals surface area (Å²) in [5, 5.41) is 1.60. The first-order valence-corrected chi connectivity index (χ1v) is 7.85. The number of fused-ring (bicyclic) bond motifs is 1. The molecule has 1 aliphatic heterocycles. The Hall–Kier alpha value is -0.580. The zero-order chi connectivity index (χ0) is 14.0. The summed E-state index contributed by atoms with van der Waals surface area (Å²) in [5.74, 6) is -1.10. The number of hydrogen-bond donors (Lipinski definition) is 0. The van der Waals surface area contributed by atoms with Crippen LogP contribution in [-0.2, 0) is 4.79 Å². The lowest BCUT2D eigenvalue weighted by Gasteiger charge is -2.17. The van der Waals surface area contributed by atoms with Gasteiger partial charge in [0.1, 0.15) is 0 Å². The number of carbonyl (C=O) groups excluding carboxylic acids is 2. The molecule has 2 rings (SSSR count). The van der Waals surface area contributed by atoms with Crippen LogP contribution in [0.1, 0.15) is 29.6 Å². The first kappa shape index (κ1) is 14.8.